The summed E-state index contributed by atoms with van der Waals surface area (Å²) in [5, 5.41) is 7.09. The van der Waals surface area contributed by atoms with Crippen molar-refractivity contribution in [3.63, 3.8) is 0 Å². The maximum Gasteiger partial charge on any atom is 0.243 e. The summed E-state index contributed by atoms with van der Waals surface area (Å²) < 4.78 is 5.22. The molecule has 122 valence electrons. The number of carbonyl (C=O) groups excluding carboxylic acids is 1. The third-order valence-corrected chi connectivity index (χ3v) is 4.37. The highest BCUT2D eigenvalue weighted by atomic mass is 35.5. The van der Waals surface area contributed by atoms with Crippen LogP contribution in [-0.4, -0.2) is 19.6 Å². The Kier molecular flexibility index (Phi) is 5.99. The highest BCUT2D eigenvalue weighted by Gasteiger charge is 2.11. The SMILES string of the molecule is COc1cc(Cl)c(C)cc1NC(=O)CNc1cccc(Cl)c1Cl. The van der Waals surface area contributed by atoms with Gasteiger partial charge in [-0.2, -0.15) is 0 Å². The number of nitrogens with one attached hydrogen (secondary N) is 2. The molecule has 2 rings (SSSR count). The fraction of sp³-hybridized carbons (Fsp3) is 0.188. The highest BCUT2D eigenvalue weighted by Crippen LogP contribution is 2.31. The minimum atomic E-state index is -0.249. The van der Waals surface area contributed by atoms with Crippen LogP contribution in [0.25, 0.3) is 0 Å². The molecule has 0 radical (unpaired) electrons. The van der Waals surface area contributed by atoms with Gasteiger partial charge in [0.1, 0.15) is 5.75 Å². The molecule has 0 aliphatic heterocycles. The van der Waals surface area contributed by atoms with E-state index in [-0.39, 0.29) is 12.5 Å². The predicted octanol–water partition coefficient (Wildman–Crippen LogP) is 5.01. The van der Waals surface area contributed by atoms with E-state index in [2.05, 4.69) is 10.6 Å². The first-order chi connectivity index (χ1) is 10.9. The summed E-state index contributed by atoms with van der Waals surface area (Å²) in [4.78, 5) is 12.1. The number of anilines is 2. The molecule has 0 atom stereocenters. The average molecular weight is 374 g/mol. The quantitative estimate of drug-likeness (QED) is 0.774. The van der Waals surface area contributed by atoms with E-state index >= 15 is 0 Å². The van der Waals surface area contributed by atoms with Gasteiger partial charge in [0.25, 0.3) is 0 Å². The van der Waals surface area contributed by atoms with Crippen LogP contribution in [0.1, 0.15) is 5.56 Å². The van der Waals surface area contributed by atoms with Gasteiger partial charge < -0.3 is 15.4 Å². The second-order valence-corrected chi connectivity index (χ2v) is 6.00. The summed E-state index contributed by atoms with van der Waals surface area (Å²) in [6.45, 7) is 1.88. The third-order valence-electron chi connectivity index (χ3n) is 3.15. The monoisotopic (exact) mass is 372 g/mol. The molecule has 23 heavy (non-hydrogen) atoms. The van der Waals surface area contributed by atoms with E-state index in [0.717, 1.165) is 5.56 Å². The van der Waals surface area contributed by atoms with Gasteiger partial charge in [-0.15, -0.1) is 0 Å². The van der Waals surface area contributed by atoms with Gasteiger partial charge in [-0.05, 0) is 30.7 Å². The smallest absolute Gasteiger partial charge is 0.243 e. The van der Waals surface area contributed by atoms with E-state index in [1.807, 2.05) is 6.92 Å². The van der Waals surface area contributed by atoms with Crippen molar-refractivity contribution >= 4 is 52.1 Å². The highest BCUT2D eigenvalue weighted by molar-refractivity contribution is 6.43. The lowest BCUT2D eigenvalue weighted by molar-refractivity contribution is -0.114. The van der Waals surface area contributed by atoms with E-state index < -0.39 is 0 Å². The summed E-state index contributed by atoms with van der Waals surface area (Å²) in [7, 11) is 1.51. The van der Waals surface area contributed by atoms with E-state index in [1.165, 1.54) is 7.11 Å². The van der Waals surface area contributed by atoms with Gasteiger partial charge in [-0.25, -0.2) is 0 Å². The van der Waals surface area contributed by atoms with Gasteiger partial charge in [-0.1, -0.05) is 40.9 Å². The molecule has 0 aromatic heterocycles. The van der Waals surface area contributed by atoms with Crippen molar-refractivity contribution in [2.75, 3.05) is 24.3 Å². The van der Waals surface area contributed by atoms with Gasteiger partial charge >= 0.3 is 0 Å². The molecular formula is C16H15Cl3N2O2. The zero-order chi connectivity index (χ0) is 17.0. The molecular weight excluding hydrogens is 359 g/mol. The first-order valence-corrected chi connectivity index (χ1v) is 7.87. The molecule has 0 unspecified atom stereocenters. The normalized spacial score (nSPS) is 10.3. The number of amides is 1. The number of methoxy groups -OCH3 is 1. The second kappa shape index (κ2) is 7.77. The molecule has 2 aromatic carbocycles. The average Bonchev–Trinajstić information content (AvgIpc) is 2.52. The van der Waals surface area contributed by atoms with Gasteiger partial charge in [0, 0.05) is 11.1 Å². The predicted molar refractivity (Wildman–Crippen MR) is 96.3 cm³/mol. The molecule has 0 aliphatic carbocycles. The molecule has 4 nitrogen and oxygen atoms in total. The first-order valence-electron chi connectivity index (χ1n) is 6.74. The Morgan fingerprint density at radius 1 is 1.13 bits per heavy atom. The van der Waals surface area contributed by atoms with Crippen molar-refractivity contribution in [1.29, 1.82) is 0 Å². The van der Waals surface area contributed by atoms with Gasteiger partial charge in [-0.3, -0.25) is 4.79 Å². The largest absolute Gasteiger partial charge is 0.495 e. The number of halogens is 3. The Bertz CT molecular complexity index is 736. The first kappa shape index (κ1) is 17.7. The van der Waals surface area contributed by atoms with E-state index in [9.17, 15) is 4.79 Å². The van der Waals surface area contributed by atoms with Gasteiger partial charge in [0.2, 0.25) is 5.91 Å². The Morgan fingerprint density at radius 2 is 1.87 bits per heavy atom. The number of carbonyl (C=O) groups is 1. The molecule has 2 aromatic rings. The zero-order valence-electron chi connectivity index (χ0n) is 12.5. The van der Waals surface area contributed by atoms with E-state index in [1.54, 1.807) is 30.3 Å². The maximum absolute atomic E-state index is 12.1. The Morgan fingerprint density at radius 3 is 2.57 bits per heavy atom. The Balaban J connectivity index is 2.05. The zero-order valence-corrected chi connectivity index (χ0v) is 14.8. The van der Waals surface area contributed by atoms with Crippen molar-refractivity contribution < 1.29 is 9.53 Å². The van der Waals surface area contributed by atoms with Crippen molar-refractivity contribution in [3.05, 3.63) is 51.0 Å². The maximum atomic E-state index is 12.1. The van der Waals surface area contributed by atoms with Crippen molar-refractivity contribution in [2.45, 2.75) is 6.92 Å². The lowest BCUT2D eigenvalue weighted by Gasteiger charge is -2.13. The molecule has 0 spiro atoms. The third kappa shape index (κ3) is 4.44. The second-order valence-electron chi connectivity index (χ2n) is 4.80. The van der Waals surface area contributed by atoms with Crippen LogP contribution >= 0.6 is 34.8 Å². The molecule has 0 saturated carbocycles. The van der Waals surface area contributed by atoms with Crippen molar-refractivity contribution in [3.8, 4) is 5.75 Å². The summed E-state index contributed by atoms with van der Waals surface area (Å²) in [6, 6.07) is 8.59. The number of ether oxygens (including phenoxy) is 1. The molecule has 0 fully saturated rings. The fourth-order valence-corrected chi connectivity index (χ4v) is 2.46. The standard InChI is InChI=1S/C16H15Cl3N2O2/c1-9-6-13(14(23-2)7-11(9)18)21-15(22)8-20-12-5-3-4-10(17)16(12)19/h3-7,20H,8H2,1-2H3,(H,21,22). The van der Waals surface area contributed by atoms with E-state index in [0.29, 0.717) is 32.2 Å². The van der Waals surface area contributed by atoms with Crippen LogP contribution in [0.5, 0.6) is 5.75 Å². The van der Waals surface area contributed by atoms with Crippen LogP contribution in [0, 0.1) is 6.92 Å². The summed E-state index contributed by atoms with van der Waals surface area (Å²) >= 11 is 18.0. The van der Waals surface area contributed by atoms with Crippen LogP contribution in [0.4, 0.5) is 11.4 Å². The molecule has 2 N–H and O–H groups in total. The lowest BCUT2D eigenvalue weighted by atomic mass is 10.2. The Labute approximate surface area is 149 Å². The molecule has 0 bridgehead atoms. The molecule has 1 amide bonds. The molecule has 0 aliphatic rings. The molecule has 0 heterocycles. The summed E-state index contributed by atoms with van der Waals surface area (Å²) in [5.41, 5.74) is 1.99. The number of benzene rings is 2. The number of rotatable bonds is 5. The van der Waals surface area contributed by atoms with Crippen molar-refractivity contribution in [1.82, 2.24) is 0 Å². The van der Waals surface area contributed by atoms with Crippen LogP contribution in [0.15, 0.2) is 30.3 Å². The van der Waals surface area contributed by atoms with Crippen LogP contribution in [0.2, 0.25) is 15.1 Å². The molecule has 7 heteroatoms. The van der Waals surface area contributed by atoms with Gasteiger partial charge in [0.05, 0.1) is 35.1 Å². The van der Waals surface area contributed by atoms with Crippen molar-refractivity contribution in [2.24, 2.45) is 0 Å². The summed E-state index contributed by atoms with van der Waals surface area (Å²) in [5.74, 6) is 0.246. The lowest BCUT2D eigenvalue weighted by Crippen LogP contribution is -2.22. The topological polar surface area (TPSA) is 50.4 Å². The van der Waals surface area contributed by atoms with Crippen LogP contribution < -0.4 is 15.4 Å². The minimum Gasteiger partial charge on any atom is -0.495 e. The summed E-state index contributed by atoms with van der Waals surface area (Å²) in [6.07, 6.45) is 0. The van der Waals surface area contributed by atoms with Gasteiger partial charge in [0.15, 0.2) is 0 Å². The number of hydrogen-bond donors (Lipinski definition) is 2. The van der Waals surface area contributed by atoms with E-state index in [4.69, 9.17) is 39.5 Å². The minimum absolute atomic E-state index is 0.0326. The number of aryl methyl sites for hydroxylation is 1. The van der Waals surface area contributed by atoms with Crippen LogP contribution in [-0.2, 0) is 4.79 Å². The van der Waals surface area contributed by atoms with Crippen LogP contribution in [0.3, 0.4) is 0 Å². The number of hydrogen-bond acceptors (Lipinski definition) is 3. The molecule has 0 saturated heterocycles. The Hall–Kier alpha value is -1.62. The fourth-order valence-electron chi connectivity index (χ4n) is 1.94.